The minimum Gasteiger partial charge on any atom is -0.282 e. The standard InChI is InChI=1S/C18H30O3S.C12H7I/c1-2-3-4-5-6-7-8-9-10-11-14-17-15-12-13-16-18(17)22(19,20)21;13-11-7-3-6-10-8-4-1-2-5-9(8)12(10)11/h12-13,15-16H,2-11,14H2,1H3,(H,19,20,21);1-7H. The zero-order valence-electron chi connectivity index (χ0n) is 20.7. The molecule has 0 atom stereocenters. The summed E-state index contributed by atoms with van der Waals surface area (Å²) in [7, 11) is -4.10. The van der Waals surface area contributed by atoms with Crippen LogP contribution in [-0.4, -0.2) is 13.0 Å². The Kier molecular flexibility index (Phi) is 11.3. The SMILES string of the molecule is CCCCCCCCCCCCc1ccccc1S(=O)(=O)O.Ic1cccc2c1-c1ccccc1-2. The highest BCUT2D eigenvalue weighted by molar-refractivity contribution is 14.1. The van der Waals surface area contributed by atoms with Crippen LogP contribution in [0.5, 0.6) is 0 Å². The van der Waals surface area contributed by atoms with Crippen LogP contribution in [0.1, 0.15) is 76.7 Å². The lowest BCUT2D eigenvalue weighted by Crippen LogP contribution is -2.03. The molecule has 0 spiro atoms. The van der Waals surface area contributed by atoms with E-state index in [1.54, 1.807) is 12.1 Å². The van der Waals surface area contributed by atoms with E-state index in [1.807, 2.05) is 6.07 Å². The molecule has 0 fully saturated rings. The van der Waals surface area contributed by atoms with Gasteiger partial charge < -0.3 is 0 Å². The number of unbranched alkanes of at least 4 members (excludes halogenated alkanes) is 9. The van der Waals surface area contributed by atoms with Crippen molar-refractivity contribution in [1.82, 2.24) is 0 Å². The lowest BCUT2D eigenvalue weighted by atomic mass is 9.81. The molecule has 0 bridgehead atoms. The molecular weight excluding hydrogens is 567 g/mol. The monoisotopic (exact) mass is 604 g/mol. The molecule has 0 radical (unpaired) electrons. The normalized spacial score (nSPS) is 11.6. The molecular formula is C30H37IO3S. The zero-order chi connectivity index (χ0) is 25.1. The van der Waals surface area contributed by atoms with E-state index in [0.29, 0.717) is 6.42 Å². The molecule has 4 rings (SSSR count). The molecule has 0 unspecified atom stereocenters. The molecule has 1 aliphatic rings. The van der Waals surface area contributed by atoms with Crippen molar-refractivity contribution in [2.24, 2.45) is 0 Å². The summed E-state index contributed by atoms with van der Waals surface area (Å²) in [6.07, 6.45) is 13.3. The third-order valence-electron chi connectivity index (χ3n) is 6.55. The smallest absolute Gasteiger partial charge is 0.282 e. The van der Waals surface area contributed by atoms with Crippen LogP contribution in [0.4, 0.5) is 0 Å². The van der Waals surface area contributed by atoms with Gasteiger partial charge in [-0.15, -0.1) is 0 Å². The fourth-order valence-electron chi connectivity index (χ4n) is 4.66. The molecule has 1 N–H and O–H groups in total. The fraction of sp³-hybridized carbons (Fsp3) is 0.400. The Hall–Kier alpha value is -1.70. The first kappa shape index (κ1) is 27.9. The maximum Gasteiger partial charge on any atom is 0.294 e. The predicted octanol–water partition coefficient (Wildman–Crippen LogP) is 9.34. The van der Waals surface area contributed by atoms with Crippen LogP contribution in [0.15, 0.2) is 71.6 Å². The van der Waals surface area contributed by atoms with Crippen molar-refractivity contribution in [2.75, 3.05) is 0 Å². The van der Waals surface area contributed by atoms with Gasteiger partial charge in [-0.1, -0.05) is 119 Å². The molecule has 0 amide bonds. The first-order valence-corrected chi connectivity index (χ1v) is 15.4. The van der Waals surface area contributed by atoms with Crippen LogP contribution in [-0.2, 0) is 16.5 Å². The Balaban J connectivity index is 0.000000220. The summed E-state index contributed by atoms with van der Waals surface area (Å²) in [4.78, 5) is 0.0610. The highest BCUT2D eigenvalue weighted by Crippen LogP contribution is 2.48. The Morgan fingerprint density at radius 3 is 1.86 bits per heavy atom. The number of rotatable bonds is 12. The van der Waals surface area contributed by atoms with Crippen LogP contribution in [0.25, 0.3) is 22.3 Å². The Morgan fingerprint density at radius 1 is 0.657 bits per heavy atom. The van der Waals surface area contributed by atoms with E-state index in [0.717, 1.165) is 18.4 Å². The number of hydrogen-bond acceptors (Lipinski definition) is 2. The Bertz CT molecular complexity index is 1190. The van der Waals surface area contributed by atoms with Crippen LogP contribution in [0, 0.1) is 3.57 Å². The summed E-state index contributed by atoms with van der Waals surface area (Å²) in [6, 6.07) is 21.8. The maximum atomic E-state index is 11.3. The van der Waals surface area contributed by atoms with Crippen molar-refractivity contribution < 1.29 is 13.0 Å². The average molecular weight is 605 g/mol. The van der Waals surface area contributed by atoms with Gasteiger partial charge in [0, 0.05) is 9.13 Å². The van der Waals surface area contributed by atoms with Crippen molar-refractivity contribution >= 4 is 32.7 Å². The molecule has 0 heterocycles. The van der Waals surface area contributed by atoms with Crippen molar-refractivity contribution in [2.45, 2.75) is 82.4 Å². The van der Waals surface area contributed by atoms with Gasteiger partial charge >= 0.3 is 0 Å². The molecule has 35 heavy (non-hydrogen) atoms. The third kappa shape index (κ3) is 8.16. The van der Waals surface area contributed by atoms with Crippen LogP contribution < -0.4 is 0 Å². The summed E-state index contributed by atoms with van der Waals surface area (Å²) in [6.45, 7) is 2.24. The Labute approximate surface area is 225 Å². The first-order chi connectivity index (χ1) is 16.9. The number of halogens is 1. The number of benzene rings is 3. The van der Waals surface area contributed by atoms with E-state index < -0.39 is 10.1 Å². The molecule has 3 aromatic carbocycles. The first-order valence-electron chi connectivity index (χ1n) is 12.9. The maximum absolute atomic E-state index is 11.3. The largest absolute Gasteiger partial charge is 0.294 e. The average Bonchev–Trinajstić information content (AvgIpc) is 2.83. The highest BCUT2D eigenvalue weighted by atomic mass is 127. The van der Waals surface area contributed by atoms with Gasteiger partial charge in [-0.25, -0.2) is 0 Å². The topological polar surface area (TPSA) is 54.4 Å². The van der Waals surface area contributed by atoms with E-state index in [9.17, 15) is 13.0 Å². The zero-order valence-corrected chi connectivity index (χ0v) is 23.7. The van der Waals surface area contributed by atoms with Gasteiger partial charge in [0.05, 0.1) is 4.90 Å². The molecule has 0 saturated carbocycles. The van der Waals surface area contributed by atoms with Gasteiger partial charge in [-0.3, -0.25) is 4.55 Å². The number of fused-ring (bicyclic) bond motifs is 4. The van der Waals surface area contributed by atoms with Gasteiger partial charge in [0.2, 0.25) is 0 Å². The molecule has 0 aromatic heterocycles. The molecule has 0 aliphatic heterocycles. The van der Waals surface area contributed by atoms with Crippen molar-refractivity contribution in [3.63, 3.8) is 0 Å². The second-order valence-electron chi connectivity index (χ2n) is 9.22. The van der Waals surface area contributed by atoms with E-state index in [1.165, 1.54) is 83.3 Å². The number of aryl methyl sites for hydroxylation is 1. The predicted molar refractivity (Wildman–Crippen MR) is 155 cm³/mol. The van der Waals surface area contributed by atoms with Gasteiger partial charge in [0.1, 0.15) is 0 Å². The second kappa shape index (κ2) is 14.1. The van der Waals surface area contributed by atoms with Crippen LogP contribution >= 0.6 is 22.6 Å². The highest BCUT2D eigenvalue weighted by Gasteiger charge is 2.22. The number of hydrogen-bond donors (Lipinski definition) is 1. The van der Waals surface area contributed by atoms with E-state index >= 15 is 0 Å². The van der Waals surface area contributed by atoms with Crippen molar-refractivity contribution in [1.29, 1.82) is 0 Å². The summed E-state index contributed by atoms with van der Waals surface area (Å²) in [5.74, 6) is 0. The molecule has 188 valence electrons. The van der Waals surface area contributed by atoms with Gasteiger partial charge in [-0.05, 0) is 69.8 Å². The molecule has 5 heteroatoms. The minimum absolute atomic E-state index is 0.0610. The van der Waals surface area contributed by atoms with Gasteiger partial charge in [-0.2, -0.15) is 8.42 Å². The second-order valence-corrected chi connectivity index (χ2v) is 11.8. The minimum atomic E-state index is -4.10. The molecule has 1 aliphatic carbocycles. The van der Waals surface area contributed by atoms with E-state index in [-0.39, 0.29) is 4.90 Å². The van der Waals surface area contributed by atoms with Crippen molar-refractivity contribution in [3.05, 3.63) is 75.9 Å². The molecule has 0 saturated heterocycles. The molecule has 3 nitrogen and oxygen atoms in total. The van der Waals surface area contributed by atoms with Crippen LogP contribution in [0.3, 0.4) is 0 Å². The summed E-state index contributed by atoms with van der Waals surface area (Å²) in [5, 5.41) is 0. The summed E-state index contributed by atoms with van der Waals surface area (Å²) >= 11 is 2.40. The third-order valence-corrected chi connectivity index (χ3v) is 8.40. The lowest BCUT2D eigenvalue weighted by Gasteiger charge is -2.24. The van der Waals surface area contributed by atoms with Crippen LogP contribution in [0.2, 0.25) is 0 Å². The van der Waals surface area contributed by atoms with Crippen molar-refractivity contribution in [3.8, 4) is 22.3 Å². The molecule has 3 aromatic rings. The van der Waals surface area contributed by atoms with E-state index in [2.05, 4.69) is 72.0 Å². The van der Waals surface area contributed by atoms with Gasteiger partial charge in [0.25, 0.3) is 10.1 Å². The lowest BCUT2D eigenvalue weighted by molar-refractivity contribution is 0.481. The Morgan fingerprint density at radius 2 is 1.20 bits per heavy atom. The summed E-state index contributed by atoms with van der Waals surface area (Å²) < 4.78 is 33.1. The van der Waals surface area contributed by atoms with Gasteiger partial charge in [0.15, 0.2) is 0 Å². The quantitative estimate of drug-likeness (QED) is 0.0996. The van der Waals surface area contributed by atoms with E-state index in [4.69, 9.17) is 0 Å². The fourth-order valence-corrected chi connectivity index (χ4v) is 6.20. The summed E-state index contributed by atoms with van der Waals surface area (Å²) in [5.41, 5.74) is 6.37.